The number of aromatic amines is 1. The molecule has 0 aliphatic carbocycles. The lowest BCUT2D eigenvalue weighted by molar-refractivity contribution is -0.140. The van der Waals surface area contributed by atoms with Gasteiger partial charge in [-0.05, 0) is 46.8 Å². The second-order valence-corrected chi connectivity index (χ2v) is 13.5. The molecule has 3 aromatic carbocycles. The number of amides is 3. The van der Waals surface area contributed by atoms with E-state index in [1.807, 2.05) is 41.8 Å². The van der Waals surface area contributed by atoms with Crippen molar-refractivity contribution < 1.29 is 38.5 Å². The van der Waals surface area contributed by atoms with Gasteiger partial charge in [-0.25, -0.2) is 4.98 Å². The Morgan fingerprint density at radius 3 is 2.00 bits per heavy atom. The molecule has 0 fully saturated rings. The number of methoxy groups -OCH3 is 3. The zero-order chi connectivity index (χ0) is 38.2. The lowest BCUT2D eigenvalue weighted by Crippen LogP contribution is -2.47. The lowest BCUT2D eigenvalue weighted by atomic mass is 9.81. The Bertz CT molecular complexity index is 2070. The fraction of sp³-hybridized carbons (Fsp3) is 0.275. The van der Waals surface area contributed by atoms with E-state index in [4.69, 9.17) is 14.2 Å². The maximum atomic E-state index is 13.6. The standard InChI is InChI=1S/C23H24N4O4.C17H17NO4S/c1-30-13-12-27-20(21-24-10-11-25-21)19(17-8-3-4-9-18(17)23(27)29)22(28)26-15-6-5-7-16(14-15)31-2;1-22-9-8-18-15(13-7-4-10-23-13)14(17(20)21)11-5-2-3-6-12(11)16(18)19/h3-11,14,19-20H,12-13H2,1-2H3,(H,24,25)(H,26,28);2-7,10,14-15H,8-9H2,1H3,(H,20,21). The molecule has 54 heavy (non-hydrogen) atoms. The minimum Gasteiger partial charge on any atom is -0.497 e. The van der Waals surface area contributed by atoms with Gasteiger partial charge in [0.15, 0.2) is 0 Å². The van der Waals surface area contributed by atoms with Crippen LogP contribution < -0.4 is 10.1 Å². The average Bonchev–Trinajstić information content (AvgIpc) is 3.93. The highest BCUT2D eigenvalue weighted by atomic mass is 32.1. The van der Waals surface area contributed by atoms with Crippen molar-refractivity contribution in [1.29, 1.82) is 0 Å². The summed E-state index contributed by atoms with van der Waals surface area (Å²) in [6.45, 7) is 1.39. The number of benzene rings is 3. The predicted octanol–water partition coefficient (Wildman–Crippen LogP) is 5.74. The van der Waals surface area contributed by atoms with Gasteiger partial charge in [0.1, 0.15) is 23.5 Å². The van der Waals surface area contributed by atoms with E-state index in [1.165, 1.54) is 11.3 Å². The van der Waals surface area contributed by atoms with Crippen LogP contribution in [0.3, 0.4) is 0 Å². The fourth-order valence-corrected chi connectivity index (χ4v) is 7.92. The van der Waals surface area contributed by atoms with E-state index >= 15 is 0 Å². The average molecular weight is 752 g/mol. The monoisotopic (exact) mass is 751 g/mol. The van der Waals surface area contributed by atoms with Crippen LogP contribution in [0.25, 0.3) is 0 Å². The first-order valence-electron chi connectivity index (χ1n) is 17.3. The molecule has 0 bridgehead atoms. The summed E-state index contributed by atoms with van der Waals surface area (Å²) in [6, 6.07) is 24.0. The number of hydrogen-bond acceptors (Lipinski definition) is 9. The fourth-order valence-electron chi connectivity index (χ4n) is 7.04. The summed E-state index contributed by atoms with van der Waals surface area (Å²) in [6.07, 6.45) is 3.30. The van der Waals surface area contributed by atoms with Crippen LogP contribution >= 0.6 is 11.3 Å². The minimum absolute atomic E-state index is 0.145. The largest absolute Gasteiger partial charge is 0.497 e. The van der Waals surface area contributed by atoms with Gasteiger partial charge in [0.25, 0.3) is 11.8 Å². The van der Waals surface area contributed by atoms with Gasteiger partial charge in [-0.1, -0.05) is 48.5 Å². The number of ether oxygens (including phenoxy) is 3. The summed E-state index contributed by atoms with van der Waals surface area (Å²) in [5, 5.41) is 14.7. The van der Waals surface area contributed by atoms with Gasteiger partial charge in [0.05, 0.1) is 32.3 Å². The number of H-pyrrole nitrogens is 1. The number of thiophene rings is 1. The summed E-state index contributed by atoms with van der Waals surface area (Å²) < 4.78 is 15.6. The summed E-state index contributed by atoms with van der Waals surface area (Å²) in [5.41, 5.74) is 2.83. The zero-order valence-corrected chi connectivity index (χ0v) is 30.8. The molecule has 4 heterocycles. The molecular formula is C40H41N5O8S. The van der Waals surface area contributed by atoms with Crippen molar-refractivity contribution in [2.45, 2.75) is 23.9 Å². The lowest BCUT2D eigenvalue weighted by Gasteiger charge is -2.40. The van der Waals surface area contributed by atoms with Crippen molar-refractivity contribution in [2.75, 3.05) is 52.9 Å². The second-order valence-electron chi connectivity index (χ2n) is 12.6. The van der Waals surface area contributed by atoms with E-state index < -0.39 is 29.9 Å². The summed E-state index contributed by atoms with van der Waals surface area (Å²) >= 11 is 1.47. The highest BCUT2D eigenvalue weighted by Crippen LogP contribution is 2.44. The highest BCUT2D eigenvalue weighted by molar-refractivity contribution is 7.10. The molecule has 14 heteroatoms. The van der Waals surface area contributed by atoms with Crippen molar-refractivity contribution in [3.63, 3.8) is 0 Å². The van der Waals surface area contributed by atoms with Crippen LogP contribution in [0.5, 0.6) is 5.75 Å². The van der Waals surface area contributed by atoms with Crippen molar-refractivity contribution in [3.8, 4) is 5.75 Å². The van der Waals surface area contributed by atoms with Gasteiger partial charge >= 0.3 is 5.97 Å². The van der Waals surface area contributed by atoms with Crippen LogP contribution in [0.2, 0.25) is 0 Å². The van der Waals surface area contributed by atoms with Gasteiger partial charge in [-0.15, -0.1) is 11.3 Å². The number of aliphatic carboxylic acids is 1. The first-order valence-corrected chi connectivity index (χ1v) is 18.1. The Labute approximate surface area is 316 Å². The van der Waals surface area contributed by atoms with Crippen LogP contribution in [0, 0.1) is 0 Å². The van der Waals surface area contributed by atoms with Crippen molar-refractivity contribution in [2.24, 2.45) is 0 Å². The number of carbonyl (C=O) groups excluding carboxylic acids is 3. The van der Waals surface area contributed by atoms with Gasteiger partial charge in [-0.3, -0.25) is 19.2 Å². The van der Waals surface area contributed by atoms with Crippen LogP contribution in [0.4, 0.5) is 5.69 Å². The Morgan fingerprint density at radius 1 is 0.815 bits per heavy atom. The SMILES string of the molecule is COCCN1C(=O)c2ccccc2C(C(=O)Nc2cccc(OC)c2)C1c1ncc[nH]1.COCCN1C(=O)c2ccccc2C(C(=O)O)C1c1cccs1. The zero-order valence-electron chi connectivity index (χ0n) is 30.0. The van der Waals surface area contributed by atoms with E-state index in [0.29, 0.717) is 65.8 Å². The maximum absolute atomic E-state index is 13.6. The predicted molar refractivity (Wildman–Crippen MR) is 202 cm³/mol. The molecule has 0 saturated carbocycles. The molecule has 2 aliphatic rings. The molecule has 0 spiro atoms. The van der Waals surface area contributed by atoms with Crippen molar-refractivity contribution >= 4 is 40.7 Å². The van der Waals surface area contributed by atoms with E-state index in [1.54, 1.807) is 92.1 Å². The molecule has 4 unspecified atom stereocenters. The molecule has 2 aromatic heterocycles. The number of imidazole rings is 1. The van der Waals surface area contributed by atoms with Crippen LogP contribution in [-0.2, 0) is 19.1 Å². The third-order valence-corrected chi connectivity index (χ3v) is 10.4. The minimum atomic E-state index is -0.925. The molecule has 13 nitrogen and oxygen atoms in total. The summed E-state index contributed by atoms with van der Waals surface area (Å²) in [4.78, 5) is 63.4. The molecule has 5 aromatic rings. The Morgan fingerprint density at radius 2 is 1.44 bits per heavy atom. The van der Waals surface area contributed by atoms with E-state index in [-0.39, 0.29) is 17.7 Å². The molecule has 7 rings (SSSR count). The number of carbonyl (C=O) groups is 4. The first-order chi connectivity index (χ1) is 26.3. The number of hydrogen-bond donors (Lipinski definition) is 3. The Balaban J connectivity index is 0.000000193. The Hall–Kier alpha value is -5.83. The third kappa shape index (κ3) is 7.76. The van der Waals surface area contributed by atoms with Gasteiger partial charge in [-0.2, -0.15) is 0 Å². The number of nitrogens with one attached hydrogen (secondary N) is 2. The molecule has 0 radical (unpaired) electrons. The number of aromatic nitrogens is 2. The van der Waals surface area contributed by atoms with Crippen LogP contribution in [0.15, 0.2) is 103 Å². The molecule has 3 amide bonds. The molecule has 280 valence electrons. The highest BCUT2D eigenvalue weighted by Gasteiger charge is 2.46. The number of carboxylic acid groups (broad SMARTS) is 1. The number of carboxylic acids is 1. The first kappa shape index (κ1) is 37.9. The van der Waals surface area contributed by atoms with E-state index in [0.717, 1.165) is 4.88 Å². The van der Waals surface area contributed by atoms with Crippen molar-refractivity contribution in [1.82, 2.24) is 19.8 Å². The smallest absolute Gasteiger partial charge is 0.313 e. The van der Waals surface area contributed by atoms with Gasteiger partial charge in [0.2, 0.25) is 5.91 Å². The second kappa shape index (κ2) is 17.3. The molecule has 0 saturated heterocycles. The van der Waals surface area contributed by atoms with Gasteiger partial charge < -0.3 is 39.4 Å². The van der Waals surface area contributed by atoms with Crippen LogP contribution in [0.1, 0.15) is 66.5 Å². The molecular weight excluding hydrogens is 711 g/mol. The molecule has 4 atom stereocenters. The number of anilines is 1. The topological polar surface area (TPSA) is 163 Å². The normalized spacial score (nSPS) is 18.9. The summed E-state index contributed by atoms with van der Waals surface area (Å²) in [7, 11) is 4.72. The van der Waals surface area contributed by atoms with E-state index in [2.05, 4.69) is 15.3 Å². The van der Waals surface area contributed by atoms with E-state index in [9.17, 15) is 24.3 Å². The Kier molecular flexibility index (Phi) is 12.2. The number of nitrogens with zero attached hydrogens (tertiary/aromatic N) is 3. The quantitative estimate of drug-likeness (QED) is 0.144. The van der Waals surface area contributed by atoms with Crippen molar-refractivity contribution in [3.05, 3.63) is 136 Å². The molecule has 3 N–H and O–H groups in total. The number of fused-ring (bicyclic) bond motifs is 2. The third-order valence-electron chi connectivity index (χ3n) is 9.47. The van der Waals surface area contributed by atoms with Crippen LogP contribution in [-0.4, -0.2) is 96.2 Å². The number of rotatable bonds is 12. The maximum Gasteiger partial charge on any atom is 0.313 e. The summed E-state index contributed by atoms with van der Waals surface area (Å²) in [5.74, 6) is -1.72. The van der Waals surface area contributed by atoms with Gasteiger partial charge in [0, 0.05) is 67.5 Å². The molecule has 2 aliphatic heterocycles.